The molecule has 2 aromatic heterocycles. The van der Waals surface area contributed by atoms with E-state index in [2.05, 4.69) is 26.2 Å². The van der Waals surface area contributed by atoms with Crippen molar-refractivity contribution >= 4 is 39.7 Å². The summed E-state index contributed by atoms with van der Waals surface area (Å²) < 4.78 is 0. The average Bonchev–Trinajstić information content (AvgIpc) is 3.09. The van der Waals surface area contributed by atoms with Crippen LogP contribution in [0.4, 0.5) is 0 Å². The lowest BCUT2D eigenvalue weighted by Crippen LogP contribution is -2.50. The summed E-state index contributed by atoms with van der Waals surface area (Å²) in [4.78, 5) is 22.0. The van der Waals surface area contributed by atoms with Gasteiger partial charge in [0.2, 0.25) is 11.1 Å². The van der Waals surface area contributed by atoms with Gasteiger partial charge < -0.3 is 9.88 Å². The Morgan fingerprint density at radius 1 is 1.30 bits per heavy atom. The number of para-hydroxylation sites is 1. The van der Waals surface area contributed by atoms with E-state index >= 15 is 0 Å². The number of nitriles is 1. The fraction of sp³-hybridized carbons (Fsp3) is 0.421. The Balaban J connectivity index is 1.48. The molecule has 1 aromatic carbocycles. The van der Waals surface area contributed by atoms with E-state index in [1.807, 2.05) is 24.3 Å². The van der Waals surface area contributed by atoms with Gasteiger partial charge in [0, 0.05) is 18.0 Å². The predicted octanol–water partition coefficient (Wildman–Crippen LogP) is 3.28. The summed E-state index contributed by atoms with van der Waals surface area (Å²) in [5.41, 5.74) is 1.68. The zero-order valence-corrected chi connectivity index (χ0v) is 15.9. The highest BCUT2D eigenvalue weighted by molar-refractivity contribution is 7.99. The lowest BCUT2D eigenvalue weighted by molar-refractivity contribution is -0.131. The summed E-state index contributed by atoms with van der Waals surface area (Å²) in [7, 11) is 1.73. The Morgan fingerprint density at radius 3 is 2.85 bits per heavy atom. The molecular weight excluding hydrogens is 360 g/mol. The van der Waals surface area contributed by atoms with Crippen molar-refractivity contribution in [2.75, 3.05) is 12.8 Å². The maximum Gasteiger partial charge on any atom is 0.234 e. The van der Waals surface area contributed by atoms with Crippen LogP contribution >= 0.6 is 11.8 Å². The van der Waals surface area contributed by atoms with Gasteiger partial charge in [-0.15, -0.1) is 10.2 Å². The van der Waals surface area contributed by atoms with Crippen molar-refractivity contribution in [2.24, 2.45) is 0 Å². The maximum absolute atomic E-state index is 12.7. The second kappa shape index (κ2) is 7.16. The van der Waals surface area contributed by atoms with E-state index in [1.165, 1.54) is 11.8 Å². The minimum absolute atomic E-state index is 0.0798. The highest BCUT2D eigenvalue weighted by atomic mass is 32.2. The molecule has 8 heteroatoms. The van der Waals surface area contributed by atoms with Gasteiger partial charge in [-0.3, -0.25) is 4.79 Å². The zero-order chi connectivity index (χ0) is 18.9. The molecule has 3 aromatic rings. The monoisotopic (exact) mass is 380 g/mol. The highest BCUT2D eigenvalue weighted by Crippen LogP contribution is 2.33. The molecule has 138 valence electrons. The van der Waals surface area contributed by atoms with Crippen LogP contribution in [0.3, 0.4) is 0 Å². The summed E-state index contributed by atoms with van der Waals surface area (Å²) in [5.74, 6) is 0.108. The Morgan fingerprint density at radius 2 is 2.07 bits per heavy atom. The van der Waals surface area contributed by atoms with Gasteiger partial charge in [0.15, 0.2) is 5.65 Å². The van der Waals surface area contributed by atoms with Crippen LogP contribution in [0.25, 0.3) is 22.1 Å². The first-order valence-corrected chi connectivity index (χ1v) is 10.0. The van der Waals surface area contributed by atoms with Gasteiger partial charge in [0.1, 0.15) is 11.1 Å². The SMILES string of the molecule is CN(C(=O)CSc1nnc2c(n1)[nH]c1ccccc12)C1(C#N)CCCCC1. The van der Waals surface area contributed by atoms with Crippen molar-refractivity contribution < 1.29 is 4.79 Å². The Kier molecular flexibility index (Phi) is 4.70. The summed E-state index contributed by atoms with van der Waals surface area (Å²) in [6.45, 7) is 0. The number of H-pyrrole nitrogens is 1. The van der Waals surface area contributed by atoms with Crippen molar-refractivity contribution in [3.8, 4) is 6.07 Å². The molecule has 1 fully saturated rings. The van der Waals surface area contributed by atoms with Crippen molar-refractivity contribution in [3.63, 3.8) is 0 Å². The van der Waals surface area contributed by atoms with Gasteiger partial charge in [-0.2, -0.15) is 5.26 Å². The van der Waals surface area contributed by atoms with Gasteiger partial charge >= 0.3 is 0 Å². The van der Waals surface area contributed by atoms with Crippen LogP contribution in [-0.4, -0.2) is 49.3 Å². The van der Waals surface area contributed by atoms with E-state index in [0.29, 0.717) is 10.8 Å². The van der Waals surface area contributed by atoms with Gasteiger partial charge in [0.25, 0.3) is 0 Å². The maximum atomic E-state index is 12.7. The standard InChI is InChI=1S/C19H20N6OS/c1-25(19(12-20)9-5-2-6-10-19)15(26)11-27-18-22-17-16(23-24-18)13-7-3-4-8-14(13)21-17/h3-4,7-8H,2,5-6,9-11H2,1H3,(H,21,22,24). The van der Waals surface area contributed by atoms with E-state index in [4.69, 9.17) is 0 Å². The Bertz CT molecular complexity index is 1030. The smallest absolute Gasteiger partial charge is 0.234 e. The molecule has 0 aliphatic heterocycles. The molecule has 2 heterocycles. The molecule has 1 saturated carbocycles. The number of hydrogen-bond donors (Lipinski definition) is 1. The molecule has 0 saturated heterocycles. The second-order valence-corrected chi connectivity index (χ2v) is 7.85. The molecule has 0 spiro atoms. The molecule has 7 nitrogen and oxygen atoms in total. The van der Waals surface area contributed by atoms with E-state index in [1.54, 1.807) is 11.9 Å². The summed E-state index contributed by atoms with van der Waals surface area (Å²) in [6.07, 6.45) is 4.60. The van der Waals surface area contributed by atoms with Crippen molar-refractivity contribution in [1.29, 1.82) is 5.26 Å². The molecule has 1 N–H and O–H groups in total. The van der Waals surface area contributed by atoms with Crippen molar-refractivity contribution in [3.05, 3.63) is 24.3 Å². The number of aromatic amines is 1. The number of aromatic nitrogens is 4. The number of carbonyl (C=O) groups is 1. The fourth-order valence-electron chi connectivity index (χ4n) is 3.69. The van der Waals surface area contributed by atoms with Crippen molar-refractivity contribution in [1.82, 2.24) is 25.1 Å². The first kappa shape index (κ1) is 17.7. The lowest BCUT2D eigenvalue weighted by Gasteiger charge is -2.38. The normalized spacial score (nSPS) is 16.3. The number of nitrogens with one attached hydrogen (secondary N) is 1. The fourth-order valence-corrected chi connectivity index (χ4v) is 4.39. The molecule has 0 bridgehead atoms. The highest BCUT2D eigenvalue weighted by Gasteiger charge is 2.38. The molecule has 4 rings (SSSR count). The molecule has 0 atom stereocenters. The zero-order valence-electron chi connectivity index (χ0n) is 15.1. The summed E-state index contributed by atoms with van der Waals surface area (Å²) in [6, 6.07) is 10.2. The third kappa shape index (κ3) is 3.23. The van der Waals surface area contributed by atoms with Crippen LogP contribution in [0, 0.1) is 11.3 Å². The van der Waals surface area contributed by atoms with Crippen LogP contribution < -0.4 is 0 Å². The van der Waals surface area contributed by atoms with Crippen LogP contribution in [-0.2, 0) is 4.79 Å². The van der Waals surface area contributed by atoms with Crippen LogP contribution in [0.2, 0.25) is 0 Å². The van der Waals surface area contributed by atoms with Crippen LogP contribution in [0.1, 0.15) is 32.1 Å². The molecule has 27 heavy (non-hydrogen) atoms. The van der Waals surface area contributed by atoms with Gasteiger partial charge in [-0.1, -0.05) is 49.2 Å². The van der Waals surface area contributed by atoms with Crippen LogP contribution in [0.5, 0.6) is 0 Å². The van der Waals surface area contributed by atoms with Gasteiger partial charge in [0.05, 0.1) is 11.8 Å². The Labute approximate surface area is 161 Å². The molecule has 1 aliphatic rings. The Hall–Kier alpha value is -2.66. The average molecular weight is 380 g/mol. The van der Waals surface area contributed by atoms with E-state index < -0.39 is 5.54 Å². The number of benzene rings is 1. The second-order valence-electron chi connectivity index (χ2n) is 6.91. The number of amides is 1. The molecule has 0 unspecified atom stereocenters. The predicted molar refractivity (Wildman–Crippen MR) is 104 cm³/mol. The van der Waals surface area contributed by atoms with Crippen LogP contribution in [0.15, 0.2) is 29.4 Å². The minimum Gasteiger partial charge on any atom is -0.338 e. The number of hydrogen-bond acceptors (Lipinski definition) is 6. The van der Waals surface area contributed by atoms with E-state index in [-0.39, 0.29) is 11.7 Å². The topological polar surface area (TPSA) is 98.6 Å². The van der Waals surface area contributed by atoms with Crippen molar-refractivity contribution in [2.45, 2.75) is 42.8 Å². The molecule has 1 amide bonds. The lowest BCUT2D eigenvalue weighted by atomic mass is 9.81. The third-order valence-electron chi connectivity index (χ3n) is 5.33. The molecule has 0 radical (unpaired) electrons. The molecular formula is C19H20N6OS. The number of carbonyl (C=O) groups excluding carboxylic acids is 1. The first-order valence-electron chi connectivity index (χ1n) is 9.05. The first-order chi connectivity index (χ1) is 13.1. The van der Waals surface area contributed by atoms with E-state index in [9.17, 15) is 10.1 Å². The summed E-state index contributed by atoms with van der Waals surface area (Å²) in [5, 5.41) is 19.5. The molecule has 1 aliphatic carbocycles. The number of fused-ring (bicyclic) bond motifs is 3. The number of rotatable bonds is 4. The number of thioether (sulfide) groups is 1. The largest absolute Gasteiger partial charge is 0.338 e. The van der Waals surface area contributed by atoms with Gasteiger partial charge in [-0.05, 0) is 18.9 Å². The third-order valence-corrected chi connectivity index (χ3v) is 6.15. The summed E-state index contributed by atoms with van der Waals surface area (Å²) >= 11 is 1.25. The number of nitrogens with zero attached hydrogens (tertiary/aromatic N) is 5. The quantitative estimate of drug-likeness (QED) is 0.698. The van der Waals surface area contributed by atoms with E-state index in [0.717, 1.165) is 48.5 Å². The van der Waals surface area contributed by atoms with Gasteiger partial charge in [-0.25, -0.2) is 4.98 Å². The minimum atomic E-state index is -0.671.